The summed E-state index contributed by atoms with van der Waals surface area (Å²) >= 11 is 3.65. The quantitative estimate of drug-likeness (QED) is 0.596. The van der Waals surface area contributed by atoms with Crippen molar-refractivity contribution in [3.8, 4) is 0 Å². The zero-order valence-corrected chi connectivity index (χ0v) is 9.00. The van der Waals surface area contributed by atoms with E-state index in [2.05, 4.69) is 56.5 Å². The molecule has 0 amide bonds. The lowest BCUT2D eigenvalue weighted by atomic mass is 10.2. The lowest BCUT2D eigenvalue weighted by molar-refractivity contribution is 0.569. The minimum Gasteiger partial charge on any atom is -0.356 e. The molecule has 2 nitrogen and oxygen atoms in total. The molecule has 1 heterocycles. The molecule has 2 rings (SSSR count). The number of piperazine rings is 1. The highest BCUT2D eigenvalue weighted by atomic mass is 79.9. The maximum absolute atomic E-state index is 3.65. The van der Waals surface area contributed by atoms with Crippen molar-refractivity contribution in [3.05, 3.63) is 30.3 Å². The number of halogens is 1. The fourth-order valence-electron chi connectivity index (χ4n) is 1.58. The monoisotopic (exact) mass is 240 g/mol. The first-order chi connectivity index (χ1) is 6.38. The van der Waals surface area contributed by atoms with Gasteiger partial charge in [-0.2, -0.15) is 0 Å². The van der Waals surface area contributed by atoms with Gasteiger partial charge in [-0.05, 0) is 12.1 Å². The largest absolute Gasteiger partial charge is 0.356 e. The Bertz CT molecular complexity index is 263. The second-order valence-corrected chi connectivity index (χ2v) is 4.22. The van der Waals surface area contributed by atoms with Gasteiger partial charge in [0.15, 0.2) is 0 Å². The second kappa shape index (κ2) is 4.11. The minimum atomic E-state index is 0.420. The summed E-state index contributed by atoms with van der Waals surface area (Å²) in [5.41, 5.74) is 1.30. The molecule has 0 radical (unpaired) electrons. The Kier molecular flexibility index (Phi) is 2.86. The van der Waals surface area contributed by atoms with Crippen LogP contribution in [0.1, 0.15) is 0 Å². The Labute approximate surface area is 87.1 Å². The van der Waals surface area contributed by atoms with E-state index in [-0.39, 0.29) is 0 Å². The number of anilines is 1. The van der Waals surface area contributed by atoms with Gasteiger partial charge in [-0.15, -0.1) is 0 Å². The van der Waals surface area contributed by atoms with Crippen molar-refractivity contribution in [2.24, 2.45) is 0 Å². The van der Waals surface area contributed by atoms with Crippen LogP contribution in [0.15, 0.2) is 30.3 Å². The van der Waals surface area contributed by atoms with Crippen molar-refractivity contribution in [2.75, 3.05) is 24.5 Å². The summed E-state index contributed by atoms with van der Waals surface area (Å²) in [5, 5.41) is 3.35. The third kappa shape index (κ3) is 2.03. The van der Waals surface area contributed by atoms with Crippen molar-refractivity contribution in [1.82, 2.24) is 5.32 Å². The predicted molar refractivity (Wildman–Crippen MR) is 59.4 cm³/mol. The molecule has 1 aromatic carbocycles. The smallest absolute Gasteiger partial charge is 0.0970 e. The van der Waals surface area contributed by atoms with Crippen LogP contribution in [0.4, 0.5) is 5.69 Å². The van der Waals surface area contributed by atoms with Crippen molar-refractivity contribution in [3.63, 3.8) is 0 Å². The highest BCUT2D eigenvalue weighted by Crippen LogP contribution is 2.20. The van der Waals surface area contributed by atoms with E-state index in [0.717, 1.165) is 19.6 Å². The van der Waals surface area contributed by atoms with Gasteiger partial charge in [0.05, 0.1) is 4.95 Å². The number of benzene rings is 1. The number of rotatable bonds is 1. The van der Waals surface area contributed by atoms with Gasteiger partial charge in [0.25, 0.3) is 0 Å². The molecular formula is C10H13BrN2. The lowest BCUT2D eigenvalue weighted by Crippen LogP contribution is -2.48. The molecule has 0 bridgehead atoms. The number of para-hydroxylation sites is 1. The van der Waals surface area contributed by atoms with Gasteiger partial charge in [0, 0.05) is 25.3 Å². The van der Waals surface area contributed by atoms with Gasteiger partial charge < -0.3 is 10.2 Å². The Balaban J connectivity index is 2.15. The van der Waals surface area contributed by atoms with Crippen LogP contribution in [0, 0.1) is 0 Å². The molecule has 1 N–H and O–H groups in total. The SMILES string of the molecule is BrC1CNCCN1c1ccccc1. The molecule has 1 aliphatic heterocycles. The summed E-state index contributed by atoms with van der Waals surface area (Å²) in [5.74, 6) is 0. The van der Waals surface area contributed by atoms with Crippen molar-refractivity contribution in [2.45, 2.75) is 4.95 Å². The van der Waals surface area contributed by atoms with E-state index in [1.54, 1.807) is 0 Å². The summed E-state index contributed by atoms with van der Waals surface area (Å²) in [6.07, 6.45) is 0. The van der Waals surface area contributed by atoms with Crippen molar-refractivity contribution >= 4 is 21.6 Å². The van der Waals surface area contributed by atoms with Crippen LogP contribution in [0.25, 0.3) is 0 Å². The second-order valence-electron chi connectivity index (χ2n) is 3.17. The fraction of sp³-hybridized carbons (Fsp3) is 0.400. The Hall–Kier alpha value is -0.540. The van der Waals surface area contributed by atoms with Gasteiger partial charge >= 0.3 is 0 Å². The number of nitrogens with one attached hydrogen (secondary N) is 1. The van der Waals surface area contributed by atoms with Crippen LogP contribution in [0.5, 0.6) is 0 Å². The van der Waals surface area contributed by atoms with Crippen molar-refractivity contribution in [1.29, 1.82) is 0 Å². The van der Waals surface area contributed by atoms with E-state index in [9.17, 15) is 0 Å². The summed E-state index contributed by atoms with van der Waals surface area (Å²) < 4.78 is 0. The van der Waals surface area contributed by atoms with Gasteiger partial charge in [-0.1, -0.05) is 34.1 Å². The van der Waals surface area contributed by atoms with Crippen LogP contribution >= 0.6 is 15.9 Å². The molecule has 1 aromatic rings. The first-order valence-corrected chi connectivity index (χ1v) is 5.46. The number of nitrogens with zero attached hydrogens (tertiary/aromatic N) is 1. The Morgan fingerprint density at radius 2 is 2.08 bits per heavy atom. The van der Waals surface area contributed by atoms with E-state index in [1.807, 2.05) is 0 Å². The highest BCUT2D eigenvalue weighted by Gasteiger charge is 2.18. The summed E-state index contributed by atoms with van der Waals surface area (Å²) in [6.45, 7) is 3.14. The van der Waals surface area contributed by atoms with E-state index in [4.69, 9.17) is 0 Å². The van der Waals surface area contributed by atoms with Crippen LogP contribution in [-0.4, -0.2) is 24.6 Å². The summed E-state index contributed by atoms with van der Waals surface area (Å²) in [7, 11) is 0. The maximum Gasteiger partial charge on any atom is 0.0970 e. The van der Waals surface area contributed by atoms with E-state index >= 15 is 0 Å². The number of hydrogen-bond acceptors (Lipinski definition) is 2. The number of hydrogen-bond donors (Lipinski definition) is 1. The predicted octanol–water partition coefficient (Wildman–Crippen LogP) is 1.82. The molecule has 0 aliphatic carbocycles. The minimum absolute atomic E-state index is 0.420. The topological polar surface area (TPSA) is 15.3 Å². The molecular weight excluding hydrogens is 228 g/mol. The fourth-order valence-corrected chi connectivity index (χ4v) is 2.25. The standard InChI is InChI=1S/C10H13BrN2/c11-10-8-12-6-7-13(10)9-4-2-1-3-5-9/h1-5,10,12H,6-8H2. The molecule has 1 unspecified atom stereocenters. The van der Waals surface area contributed by atoms with Crippen LogP contribution in [0.3, 0.4) is 0 Å². The van der Waals surface area contributed by atoms with Crippen LogP contribution < -0.4 is 10.2 Å². The highest BCUT2D eigenvalue weighted by molar-refractivity contribution is 9.09. The summed E-state index contributed by atoms with van der Waals surface area (Å²) in [6, 6.07) is 10.5. The van der Waals surface area contributed by atoms with Crippen LogP contribution in [-0.2, 0) is 0 Å². The zero-order valence-electron chi connectivity index (χ0n) is 7.41. The molecule has 13 heavy (non-hydrogen) atoms. The summed E-state index contributed by atoms with van der Waals surface area (Å²) in [4.78, 5) is 2.79. The lowest BCUT2D eigenvalue weighted by Gasteiger charge is -2.34. The molecule has 0 aromatic heterocycles. The normalized spacial score (nSPS) is 23.2. The molecule has 0 saturated carbocycles. The zero-order chi connectivity index (χ0) is 9.10. The van der Waals surface area contributed by atoms with Crippen molar-refractivity contribution < 1.29 is 0 Å². The van der Waals surface area contributed by atoms with E-state index < -0.39 is 0 Å². The third-order valence-corrected chi connectivity index (χ3v) is 3.09. The molecule has 1 aliphatic rings. The Morgan fingerprint density at radius 3 is 2.77 bits per heavy atom. The van der Waals surface area contributed by atoms with Gasteiger partial charge in [0.1, 0.15) is 0 Å². The molecule has 1 atom stereocenters. The molecule has 1 fully saturated rings. The first-order valence-electron chi connectivity index (χ1n) is 4.54. The van der Waals surface area contributed by atoms with E-state index in [0.29, 0.717) is 4.95 Å². The average Bonchev–Trinajstić information content (AvgIpc) is 2.20. The molecule has 70 valence electrons. The molecule has 1 saturated heterocycles. The van der Waals surface area contributed by atoms with Gasteiger partial charge in [-0.25, -0.2) is 0 Å². The number of alkyl halides is 1. The van der Waals surface area contributed by atoms with Crippen LogP contribution in [0.2, 0.25) is 0 Å². The van der Waals surface area contributed by atoms with Gasteiger partial charge in [0.2, 0.25) is 0 Å². The average molecular weight is 241 g/mol. The maximum atomic E-state index is 3.65. The van der Waals surface area contributed by atoms with Gasteiger partial charge in [-0.3, -0.25) is 0 Å². The molecule has 3 heteroatoms. The Morgan fingerprint density at radius 1 is 1.31 bits per heavy atom. The molecule has 0 spiro atoms. The third-order valence-electron chi connectivity index (χ3n) is 2.27. The first kappa shape index (κ1) is 9.03. The van der Waals surface area contributed by atoms with E-state index in [1.165, 1.54) is 5.69 Å².